The van der Waals surface area contributed by atoms with Gasteiger partial charge in [-0.2, -0.15) is 0 Å². The van der Waals surface area contributed by atoms with E-state index in [-0.39, 0.29) is 11.9 Å². The number of halogens is 1. The van der Waals surface area contributed by atoms with Gasteiger partial charge in [-0.25, -0.2) is 4.98 Å². The highest BCUT2D eigenvalue weighted by Gasteiger charge is 2.24. The van der Waals surface area contributed by atoms with Gasteiger partial charge in [-0.1, -0.05) is 35.9 Å². The first-order chi connectivity index (χ1) is 13.6. The molecule has 3 aromatic rings. The molecule has 2 aromatic carbocycles. The Kier molecular flexibility index (Phi) is 5.46. The Hall–Kier alpha value is -2.63. The van der Waals surface area contributed by atoms with Gasteiger partial charge in [0.25, 0.3) is 0 Å². The van der Waals surface area contributed by atoms with E-state index < -0.39 is 0 Å². The van der Waals surface area contributed by atoms with Crippen LogP contribution in [0.15, 0.2) is 54.7 Å². The summed E-state index contributed by atoms with van der Waals surface area (Å²) in [6.07, 6.45) is 1.79. The molecule has 4 rings (SSSR count). The zero-order valence-corrected chi connectivity index (χ0v) is 16.4. The summed E-state index contributed by atoms with van der Waals surface area (Å²) in [5.74, 6) is 0.913. The second kappa shape index (κ2) is 8.17. The van der Waals surface area contributed by atoms with Crippen molar-refractivity contribution in [2.24, 2.45) is 0 Å². The van der Waals surface area contributed by atoms with Gasteiger partial charge in [0.05, 0.1) is 6.04 Å². The number of carbonyl (C=O) groups excluding carboxylic acids is 1. The number of nitrogens with one attached hydrogen (secondary N) is 1. The maximum atomic E-state index is 11.7. The Morgan fingerprint density at radius 2 is 1.93 bits per heavy atom. The summed E-state index contributed by atoms with van der Waals surface area (Å²) >= 11 is 5.95. The molecule has 0 spiro atoms. The van der Waals surface area contributed by atoms with E-state index in [0.717, 1.165) is 40.7 Å². The Labute approximate surface area is 169 Å². The topological polar surface area (TPSA) is 54.5 Å². The summed E-state index contributed by atoms with van der Waals surface area (Å²) in [6, 6.07) is 16.1. The normalized spacial score (nSPS) is 17.5. The van der Waals surface area contributed by atoms with Gasteiger partial charge < -0.3 is 10.1 Å². The van der Waals surface area contributed by atoms with E-state index in [0.29, 0.717) is 18.3 Å². The molecule has 5 nitrogen and oxygen atoms in total. The summed E-state index contributed by atoms with van der Waals surface area (Å²) in [5, 5.41) is 5.51. The summed E-state index contributed by atoms with van der Waals surface area (Å²) in [6.45, 7) is 4.77. The molecule has 2 heterocycles. The molecule has 1 aliphatic rings. The number of rotatable bonds is 5. The van der Waals surface area contributed by atoms with Crippen LogP contribution in [0.4, 0.5) is 0 Å². The molecular weight excluding hydrogens is 374 g/mol. The van der Waals surface area contributed by atoms with Crippen LogP contribution in [0, 0.1) is 0 Å². The lowest BCUT2D eigenvalue weighted by Gasteiger charge is -2.32. The van der Waals surface area contributed by atoms with Crippen LogP contribution in [-0.2, 0) is 4.79 Å². The predicted octanol–water partition coefficient (Wildman–Crippen LogP) is 3.75. The monoisotopic (exact) mass is 395 g/mol. The quantitative estimate of drug-likeness (QED) is 0.668. The molecule has 1 aromatic heterocycles. The van der Waals surface area contributed by atoms with Crippen molar-refractivity contribution in [3.05, 3.63) is 59.9 Å². The highest BCUT2D eigenvalue weighted by molar-refractivity contribution is 6.30. The molecule has 144 valence electrons. The van der Waals surface area contributed by atoms with Crippen molar-refractivity contribution in [3.8, 4) is 16.9 Å². The lowest BCUT2D eigenvalue weighted by atomic mass is 10.0. The first kappa shape index (κ1) is 18.7. The molecule has 1 aliphatic heterocycles. The van der Waals surface area contributed by atoms with Crippen LogP contribution >= 0.6 is 11.6 Å². The van der Waals surface area contributed by atoms with Gasteiger partial charge in [0.15, 0.2) is 0 Å². The van der Waals surface area contributed by atoms with Gasteiger partial charge >= 0.3 is 0 Å². The lowest BCUT2D eigenvalue weighted by molar-refractivity contribution is -0.128. The van der Waals surface area contributed by atoms with Crippen molar-refractivity contribution in [1.29, 1.82) is 0 Å². The number of hydrogen-bond acceptors (Lipinski definition) is 4. The van der Waals surface area contributed by atoms with Crippen molar-refractivity contribution in [2.45, 2.75) is 13.0 Å². The number of piperazine rings is 1. The van der Waals surface area contributed by atoms with Crippen LogP contribution in [0.1, 0.15) is 6.92 Å². The minimum Gasteiger partial charge on any atom is -0.492 e. The molecule has 0 bridgehead atoms. The van der Waals surface area contributed by atoms with E-state index in [1.54, 1.807) is 6.20 Å². The average Bonchev–Trinajstić information content (AvgIpc) is 2.71. The molecule has 0 radical (unpaired) electrons. The van der Waals surface area contributed by atoms with E-state index in [1.807, 2.05) is 25.1 Å². The second-order valence-corrected chi connectivity index (χ2v) is 7.33. The number of benzene rings is 2. The second-order valence-electron chi connectivity index (χ2n) is 6.94. The number of pyridine rings is 1. The lowest BCUT2D eigenvalue weighted by Crippen LogP contribution is -2.54. The van der Waals surface area contributed by atoms with Gasteiger partial charge in [-0.05, 0) is 47.7 Å². The molecule has 1 fully saturated rings. The number of hydrogen-bond donors (Lipinski definition) is 1. The molecule has 1 amide bonds. The van der Waals surface area contributed by atoms with Crippen molar-refractivity contribution < 1.29 is 9.53 Å². The Morgan fingerprint density at radius 3 is 2.75 bits per heavy atom. The molecule has 28 heavy (non-hydrogen) atoms. The third-order valence-corrected chi connectivity index (χ3v) is 5.36. The fraction of sp³-hybridized carbons (Fsp3) is 0.273. The molecule has 0 saturated carbocycles. The third kappa shape index (κ3) is 4.11. The first-order valence-electron chi connectivity index (χ1n) is 9.40. The van der Waals surface area contributed by atoms with E-state index in [9.17, 15) is 4.79 Å². The first-order valence-corrected chi connectivity index (χ1v) is 9.78. The largest absolute Gasteiger partial charge is 0.492 e. The molecule has 1 atom stereocenters. The summed E-state index contributed by atoms with van der Waals surface area (Å²) in [4.78, 5) is 18.0. The van der Waals surface area contributed by atoms with Gasteiger partial charge in [-0.15, -0.1) is 0 Å². The van der Waals surface area contributed by atoms with Crippen LogP contribution in [0.2, 0.25) is 5.15 Å². The van der Waals surface area contributed by atoms with Crippen molar-refractivity contribution in [1.82, 2.24) is 15.2 Å². The van der Waals surface area contributed by atoms with Gasteiger partial charge in [-0.3, -0.25) is 9.69 Å². The maximum Gasteiger partial charge on any atom is 0.237 e. The highest BCUT2D eigenvalue weighted by Crippen LogP contribution is 2.27. The smallest absolute Gasteiger partial charge is 0.237 e. The predicted molar refractivity (Wildman–Crippen MR) is 112 cm³/mol. The molecule has 1 N–H and O–H groups in total. The van der Waals surface area contributed by atoms with Gasteiger partial charge in [0.2, 0.25) is 5.91 Å². The van der Waals surface area contributed by atoms with Crippen molar-refractivity contribution in [3.63, 3.8) is 0 Å². The number of fused-ring (bicyclic) bond motifs is 1. The van der Waals surface area contributed by atoms with Crippen LogP contribution in [0.3, 0.4) is 0 Å². The summed E-state index contributed by atoms with van der Waals surface area (Å²) in [7, 11) is 0. The van der Waals surface area contributed by atoms with Crippen LogP contribution in [-0.4, -0.2) is 48.1 Å². The van der Waals surface area contributed by atoms with Gasteiger partial charge in [0.1, 0.15) is 17.5 Å². The Morgan fingerprint density at radius 1 is 1.14 bits per heavy atom. The number of ether oxygens (including phenoxy) is 1. The summed E-state index contributed by atoms with van der Waals surface area (Å²) in [5.41, 5.74) is 2.24. The average molecular weight is 396 g/mol. The molecule has 1 saturated heterocycles. The van der Waals surface area contributed by atoms with E-state index in [2.05, 4.69) is 45.5 Å². The summed E-state index contributed by atoms with van der Waals surface area (Å²) < 4.78 is 5.87. The van der Waals surface area contributed by atoms with Crippen LogP contribution in [0.25, 0.3) is 21.9 Å². The van der Waals surface area contributed by atoms with Gasteiger partial charge in [0, 0.05) is 31.2 Å². The minimum atomic E-state index is -0.1000. The molecular formula is C22H22ClN3O2. The van der Waals surface area contributed by atoms with Crippen molar-refractivity contribution in [2.75, 3.05) is 26.2 Å². The standard InChI is InChI=1S/C22H22ClN3O2/c1-15-22(27)24-8-9-26(15)10-11-28-20-6-4-16(5-7-20)17-2-3-18-13-21(23)25-14-19(18)12-17/h2-7,12-15H,8-11H2,1H3,(H,24,27). The zero-order valence-electron chi connectivity index (χ0n) is 15.7. The highest BCUT2D eigenvalue weighted by atomic mass is 35.5. The number of carbonyl (C=O) groups is 1. The molecule has 0 aliphatic carbocycles. The molecule has 1 unspecified atom stereocenters. The maximum absolute atomic E-state index is 11.7. The van der Waals surface area contributed by atoms with E-state index >= 15 is 0 Å². The number of amides is 1. The fourth-order valence-corrected chi connectivity index (χ4v) is 3.62. The fourth-order valence-electron chi connectivity index (χ4n) is 3.45. The SMILES string of the molecule is CC1C(=O)NCCN1CCOc1ccc(-c2ccc3cc(Cl)ncc3c2)cc1. The Balaban J connectivity index is 1.38. The van der Waals surface area contributed by atoms with Crippen LogP contribution < -0.4 is 10.1 Å². The number of aromatic nitrogens is 1. The minimum absolute atomic E-state index is 0.0865. The van der Waals surface area contributed by atoms with Crippen LogP contribution in [0.5, 0.6) is 5.75 Å². The zero-order chi connectivity index (χ0) is 19.5. The van der Waals surface area contributed by atoms with E-state index in [1.165, 1.54) is 0 Å². The van der Waals surface area contributed by atoms with Crippen molar-refractivity contribution >= 4 is 28.3 Å². The molecule has 6 heteroatoms. The van der Waals surface area contributed by atoms with E-state index in [4.69, 9.17) is 16.3 Å². The Bertz CT molecular complexity index is 991. The number of nitrogens with zero attached hydrogens (tertiary/aromatic N) is 2. The third-order valence-electron chi connectivity index (χ3n) is 5.15.